The van der Waals surface area contributed by atoms with Gasteiger partial charge in [-0.2, -0.15) is 0 Å². The first-order chi connectivity index (χ1) is 5.44. The van der Waals surface area contributed by atoms with Crippen molar-refractivity contribution in [2.75, 3.05) is 20.6 Å². The van der Waals surface area contributed by atoms with Crippen LogP contribution in [0.5, 0.6) is 0 Å². The number of likely N-dealkylation sites (N-methyl/N-ethyl adjacent to an activating group) is 1. The molecule has 0 rings (SSSR count). The molecule has 0 fully saturated rings. The molecule has 0 bridgehead atoms. The third-order valence-electron chi connectivity index (χ3n) is 2.11. The zero-order valence-electron chi connectivity index (χ0n) is 8.21. The average Bonchev–Trinajstić information content (AvgIpc) is 2.02. The van der Waals surface area contributed by atoms with Crippen molar-refractivity contribution >= 4 is 5.78 Å². The maximum atomic E-state index is 11.1. The van der Waals surface area contributed by atoms with Gasteiger partial charge in [0.25, 0.3) is 0 Å². The Morgan fingerprint density at radius 3 is 2.50 bits per heavy atom. The fourth-order valence-electron chi connectivity index (χ4n) is 1.08. The summed E-state index contributed by atoms with van der Waals surface area (Å²) >= 11 is 0. The fourth-order valence-corrected chi connectivity index (χ4v) is 1.08. The number of hydrogen-bond donors (Lipinski definition) is 1. The highest BCUT2D eigenvalue weighted by atomic mass is 16.1. The van der Waals surface area contributed by atoms with Gasteiger partial charge in [-0.25, -0.2) is 0 Å². The zero-order chi connectivity index (χ0) is 9.78. The molecular formula is C9H19N2O+. The topological polar surface area (TPSA) is 43.1 Å². The number of ketones is 1. The summed E-state index contributed by atoms with van der Waals surface area (Å²) < 4.78 is 0.529. The largest absolute Gasteiger partial charge is 0.307 e. The summed E-state index contributed by atoms with van der Waals surface area (Å²) in [6.07, 6.45) is 2.24. The average molecular weight is 171 g/mol. The van der Waals surface area contributed by atoms with Gasteiger partial charge < -0.3 is 4.48 Å². The number of rotatable bonds is 5. The number of hydrogen-bond acceptors (Lipinski definition) is 2. The Bertz CT molecular complexity index is 175. The van der Waals surface area contributed by atoms with Gasteiger partial charge in [-0.05, 0) is 6.08 Å². The lowest BCUT2D eigenvalue weighted by atomic mass is 10.2. The van der Waals surface area contributed by atoms with Crippen LogP contribution in [0.1, 0.15) is 13.3 Å². The smallest absolute Gasteiger partial charge is 0.209 e. The molecule has 70 valence electrons. The van der Waals surface area contributed by atoms with Crippen molar-refractivity contribution in [2.24, 2.45) is 5.73 Å². The maximum Gasteiger partial charge on any atom is 0.209 e. The van der Waals surface area contributed by atoms with Crippen molar-refractivity contribution in [3.8, 4) is 0 Å². The summed E-state index contributed by atoms with van der Waals surface area (Å²) in [6, 6.07) is 0. The molecule has 1 unspecified atom stereocenters. The minimum atomic E-state index is 0.0221. The highest BCUT2D eigenvalue weighted by molar-refractivity contribution is 5.90. The molecule has 0 aliphatic carbocycles. The minimum Gasteiger partial charge on any atom is -0.307 e. The Hall–Kier alpha value is -0.670. The first-order valence-electron chi connectivity index (χ1n) is 4.17. The van der Waals surface area contributed by atoms with E-state index >= 15 is 0 Å². The van der Waals surface area contributed by atoms with Gasteiger partial charge in [0.1, 0.15) is 12.7 Å². The molecule has 1 atom stereocenters. The molecule has 0 aromatic heterocycles. The third kappa shape index (κ3) is 3.15. The molecule has 0 spiro atoms. The van der Waals surface area contributed by atoms with Crippen LogP contribution in [0.2, 0.25) is 0 Å². The second kappa shape index (κ2) is 4.38. The van der Waals surface area contributed by atoms with Gasteiger partial charge in [0.15, 0.2) is 0 Å². The van der Waals surface area contributed by atoms with E-state index in [1.54, 1.807) is 0 Å². The Labute approximate surface area is 74.4 Å². The lowest BCUT2D eigenvalue weighted by Gasteiger charge is -2.34. The highest BCUT2D eigenvalue weighted by Crippen LogP contribution is 2.04. The molecule has 3 heteroatoms. The van der Waals surface area contributed by atoms with Crippen LogP contribution in [-0.2, 0) is 4.79 Å². The van der Waals surface area contributed by atoms with Crippen LogP contribution in [0.25, 0.3) is 0 Å². The summed E-state index contributed by atoms with van der Waals surface area (Å²) in [6.45, 7) is 5.88. The van der Waals surface area contributed by atoms with Gasteiger partial charge in [-0.3, -0.25) is 10.5 Å². The van der Waals surface area contributed by atoms with E-state index < -0.39 is 0 Å². The molecule has 12 heavy (non-hydrogen) atoms. The van der Waals surface area contributed by atoms with Crippen LogP contribution in [0.3, 0.4) is 0 Å². The Morgan fingerprint density at radius 2 is 2.17 bits per heavy atom. The normalized spacial score (nSPS) is 14.0. The summed E-state index contributed by atoms with van der Waals surface area (Å²) in [5.41, 5.74) is 5.84. The lowest BCUT2D eigenvalue weighted by molar-refractivity contribution is -0.907. The standard InChI is InChI=1S/C9H19N2O/c1-5-8(12)7-11(3,4)9(10)6-2/h5,9H,1,6-7,10H2,2-4H3/q+1. The quantitative estimate of drug-likeness (QED) is 0.372. The van der Waals surface area contributed by atoms with Crippen LogP contribution in [0.4, 0.5) is 0 Å². The molecule has 0 saturated carbocycles. The summed E-state index contributed by atoms with van der Waals surface area (Å²) in [4.78, 5) is 11.1. The number of carbonyl (C=O) groups excluding carboxylic acids is 1. The van der Waals surface area contributed by atoms with Crippen LogP contribution in [0, 0.1) is 0 Å². The van der Waals surface area contributed by atoms with Crippen LogP contribution in [0.15, 0.2) is 12.7 Å². The molecule has 2 N–H and O–H groups in total. The molecule has 0 aliphatic rings. The Morgan fingerprint density at radius 1 is 1.67 bits per heavy atom. The van der Waals surface area contributed by atoms with E-state index in [1.807, 2.05) is 21.0 Å². The fraction of sp³-hybridized carbons (Fsp3) is 0.667. The van der Waals surface area contributed by atoms with E-state index in [2.05, 4.69) is 6.58 Å². The van der Waals surface area contributed by atoms with E-state index in [1.165, 1.54) is 6.08 Å². The summed E-state index contributed by atoms with van der Waals surface area (Å²) in [5, 5.41) is 0. The number of carbonyl (C=O) groups is 1. The maximum absolute atomic E-state index is 11.1. The molecule has 0 amide bonds. The van der Waals surface area contributed by atoms with Gasteiger partial charge in [-0.1, -0.05) is 13.5 Å². The number of quaternary nitrogens is 1. The lowest BCUT2D eigenvalue weighted by Crippen LogP contribution is -2.55. The van der Waals surface area contributed by atoms with E-state index in [0.717, 1.165) is 6.42 Å². The molecule has 3 nitrogen and oxygen atoms in total. The number of nitrogens with two attached hydrogens (primary N) is 1. The number of nitrogens with zero attached hydrogens (tertiary/aromatic N) is 1. The van der Waals surface area contributed by atoms with Crippen molar-refractivity contribution < 1.29 is 9.28 Å². The first kappa shape index (κ1) is 11.3. The van der Waals surface area contributed by atoms with Crippen molar-refractivity contribution in [2.45, 2.75) is 19.5 Å². The molecule has 0 heterocycles. The summed E-state index contributed by atoms with van der Waals surface area (Å²) in [7, 11) is 3.91. The van der Waals surface area contributed by atoms with E-state index in [-0.39, 0.29) is 11.9 Å². The van der Waals surface area contributed by atoms with Gasteiger partial charge in [0.2, 0.25) is 5.78 Å². The minimum absolute atomic E-state index is 0.0221. The Kier molecular flexibility index (Phi) is 4.13. The van der Waals surface area contributed by atoms with Crippen molar-refractivity contribution in [3.63, 3.8) is 0 Å². The molecular weight excluding hydrogens is 152 g/mol. The van der Waals surface area contributed by atoms with Gasteiger partial charge in [-0.15, -0.1) is 0 Å². The van der Waals surface area contributed by atoms with Gasteiger partial charge in [0, 0.05) is 6.42 Å². The second-order valence-corrected chi connectivity index (χ2v) is 3.58. The van der Waals surface area contributed by atoms with Crippen molar-refractivity contribution in [1.29, 1.82) is 0 Å². The monoisotopic (exact) mass is 171 g/mol. The first-order valence-corrected chi connectivity index (χ1v) is 4.17. The zero-order valence-corrected chi connectivity index (χ0v) is 8.21. The molecule has 0 aromatic rings. The van der Waals surface area contributed by atoms with Crippen molar-refractivity contribution in [1.82, 2.24) is 0 Å². The van der Waals surface area contributed by atoms with Gasteiger partial charge in [0.05, 0.1) is 14.1 Å². The van der Waals surface area contributed by atoms with Crippen molar-refractivity contribution in [3.05, 3.63) is 12.7 Å². The molecule has 0 saturated heterocycles. The van der Waals surface area contributed by atoms with Crippen LogP contribution in [-0.4, -0.2) is 37.1 Å². The highest BCUT2D eigenvalue weighted by Gasteiger charge is 2.24. The van der Waals surface area contributed by atoms with Crippen LogP contribution >= 0.6 is 0 Å². The molecule has 0 radical (unpaired) electrons. The molecule has 0 aliphatic heterocycles. The van der Waals surface area contributed by atoms with Crippen LogP contribution < -0.4 is 5.73 Å². The van der Waals surface area contributed by atoms with Gasteiger partial charge >= 0.3 is 0 Å². The van der Waals surface area contributed by atoms with E-state index in [0.29, 0.717) is 11.0 Å². The van der Waals surface area contributed by atoms with E-state index in [9.17, 15) is 4.79 Å². The third-order valence-corrected chi connectivity index (χ3v) is 2.11. The Balaban J connectivity index is 4.20. The SMILES string of the molecule is C=CC(=O)C[N+](C)(C)C(N)CC. The predicted octanol–water partition coefficient (Wildman–Crippen LogP) is 0.513. The van der Waals surface area contributed by atoms with E-state index in [4.69, 9.17) is 5.73 Å². The summed E-state index contributed by atoms with van der Waals surface area (Å²) in [5.74, 6) is 0.0453. The second-order valence-electron chi connectivity index (χ2n) is 3.58. The predicted molar refractivity (Wildman–Crippen MR) is 50.4 cm³/mol. The molecule has 0 aromatic carbocycles.